The Hall–Kier alpha value is -3.35. The van der Waals surface area contributed by atoms with E-state index in [9.17, 15) is 19.5 Å². The van der Waals surface area contributed by atoms with Gasteiger partial charge in [0.1, 0.15) is 17.1 Å². The summed E-state index contributed by atoms with van der Waals surface area (Å²) in [5.74, 6) is -1.17. The van der Waals surface area contributed by atoms with Crippen molar-refractivity contribution in [3.05, 3.63) is 53.6 Å². The second-order valence-corrected chi connectivity index (χ2v) is 6.47. The number of methoxy groups -OCH3 is 1. The topological polar surface area (TPSA) is 102 Å². The summed E-state index contributed by atoms with van der Waals surface area (Å²) in [6.45, 7) is 1.60. The minimum Gasteiger partial charge on any atom is -0.507 e. The Morgan fingerprint density at radius 2 is 1.76 bits per heavy atom. The number of carbonyl (C=O) groups excluding carboxylic acids is 3. The molecule has 0 aromatic heterocycles. The first-order chi connectivity index (χ1) is 13.9. The Kier molecular flexibility index (Phi) is 8.21. The van der Waals surface area contributed by atoms with Crippen molar-refractivity contribution in [1.29, 1.82) is 0 Å². The minimum absolute atomic E-state index is 0.0652. The van der Waals surface area contributed by atoms with Crippen LogP contribution in [0.15, 0.2) is 42.5 Å². The molecule has 0 radical (unpaired) electrons. The highest BCUT2D eigenvalue weighted by atomic mass is 16.5. The predicted octanol–water partition coefficient (Wildman–Crippen LogP) is 3.96. The lowest BCUT2D eigenvalue weighted by Crippen LogP contribution is -2.15. The van der Waals surface area contributed by atoms with Crippen molar-refractivity contribution < 1.29 is 29.0 Å². The second-order valence-electron chi connectivity index (χ2n) is 6.47. The molecule has 7 nitrogen and oxygen atoms in total. The van der Waals surface area contributed by atoms with Gasteiger partial charge in [0.25, 0.3) is 0 Å². The zero-order chi connectivity index (χ0) is 21.2. The molecular formula is C22H25NO6. The third kappa shape index (κ3) is 6.64. The van der Waals surface area contributed by atoms with Gasteiger partial charge in [0.15, 0.2) is 12.4 Å². The average Bonchev–Trinajstić information content (AvgIpc) is 2.73. The summed E-state index contributed by atoms with van der Waals surface area (Å²) in [6, 6.07) is 10.5. The number of aromatic hydroxyl groups is 1. The molecule has 0 spiro atoms. The Morgan fingerprint density at radius 3 is 2.41 bits per heavy atom. The van der Waals surface area contributed by atoms with E-state index < -0.39 is 18.4 Å². The fourth-order valence-corrected chi connectivity index (χ4v) is 2.60. The zero-order valence-corrected chi connectivity index (χ0v) is 16.6. The number of rotatable bonds is 10. The third-order valence-corrected chi connectivity index (χ3v) is 4.26. The number of ketones is 1. The lowest BCUT2D eigenvalue weighted by atomic mass is 10.1. The number of Topliss-reactive ketones (excluding diaryl/α,β-unsaturated/α-hetero) is 1. The van der Waals surface area contributed by atoms with Crippen molar-refractivity contribution in [2.75, 3.05) is 19.0 Å². The lowest BCUT2D eigenvalue weighted by Gasteiger charge is -2.08. The Bertz CT molecular complexity index is 860. The van der Waals surface area contributed by atoms with Crippen molar-refractivity contribution in [2.45, 2.75) is 32.6 Å². The van der Waals surface area contributed by atoms with E-state index in [0.29, 0.717) is 23.4 Å². The molecule has 7 heteroatoms. The Balaban J connectivity index is 1.89. The molecule has 0 aliphatic carbocycles. The molecule has 0 unspecified atom stereocenters. The van der Waals surface area contributed by atoms with E-state index in [2.05, 4.69) is 12.2 Å². The highest BCUT2D eigenvalue weighted by molar-refractivity contribution is 6.00. The standard InChI is InChI=1S/C22H25NO6/c1-3-4-5-6-21(26)23-16-9-7-15(8-10-16)20(25)14-29-22(27)18-13-17(28-2)11-12-19(18)24/h7-13,24H,3-6,14H2,1-2H3,(H,23,26). The molecule has 2 N–H and O–H groups in total. The SMILES string of the molecule is CCCCCC(=O)Nc1ccc(C(=O)COC(=O)c2cc(OC)ccc2O)cc1. The molecule has 0 fully saturated rings. The van der Waals surface area contributed by atoms with Gasteiger partial charge in [-0.25, -0.2) is 4.79 Å². The van der Waals surface area contributed by atoms with Gasteiger partial charge in [-0.2, -0.15) is 0 Å². The summed E-state index contributed by atoms with van der Waals surface area (Å²) in [4.78, 5) is 36.2. The molecule has 0 heterocycles. The van der Waals surface area contributed by atoms with Gasteiger partial charge >= 0.3 is 5.97 Å². The number of phenolic OH excluding ortho intramolecular Hbond substituents is 1. The number of anilines is 1. The van der Waals surface area contributed by atoms with Crippen molar-refractivity contribution >= 4 is 23.3 Å². The van der Waals surface area contributed by atoms with Crippen LogP contribution in [0.2, 0.25) is 0 Å². The number of nitrogens with one attached hydrogen (secondary N) is 1. The Labute approximate surface area is 169 Å². The van der Waals surface area contributed by atoms with Crippen LogP contribution in [0.4, 0.5) is 5.69 Å². The summed E-state index contributed by atoms with van der Waals surface area (Å²) in [5.41, 5.74) is 0.858. The Morgan fingerprint density at radius 1 is 1.03 bits per heavy atom. The molecule has 29 heavy (non-hydrogen) atoms. The van der Waals surface area contributed by atoms with Crippen LogP contribution in [0, 0.1) is 0 Å². The van der Waals surface area contributed by atoms with Crippen molar-refractivity contribution in [3.63, 3.8) is 0 Å². The maximum absolute atomic E-state index is 12.2. The number of esters is 1. The van der Waals surface area contributed by atoms with Gasteiger partial charge in [-0.1, -0.05) is 19.8 Å². The van der Waals surface area contributed by atoms with E-state index in [1.165, 1.54) is 25.3 Å². The van der Waals surface area contributed by atoms with E-state index in [1.54, 1.807) is 24.3 Å². The molecule has 2 aromatic carbocycles. The smallest absolute Gasteiger partial charge is 0.342 e. The molecule has 2 aromatic rings. The monoisotopic (exact) mass is 399 g/mol. The summed E-state index contributed by atoms with van der Waals surface area (Å²) < 4.78 is 10.0. The first-order valence-corrected chi connectivity index (χ1v) is 9.41. The van der Waals surface area contributed by atoms with Gasteiger partial charge < -0.3 is 19.9 Å². The summed E-state index contributed by atoms with van der Waals surface area (Å²) in [6.07, 6.45) is 3.36. The summed E-state index contributed by atoms with van der Waals surface area (Å²) >= 11 is 0. The maximum atomic E-state index is 12.2. The number of phenols is 1. The molecule has 0 saturated heterocycles. The van der Waals surface area contributed by atoms with Crippen LogP contribution < -0.4 is 10.1 Å². The number of hydrogen-bond donors (Lipinski definition) is 2. The third-order valence-electron chi connectivity index (χ3n) is 4.26. The van der Waals surface area contributed by atoms with Crippen molar-refractivity contribution in [3.8, 4) is 11.5 Å². The first kappa shape index (κ1) is 21.9. The van der Waals surface area contributed by atoms with Crippen LogP contribution >= 0.6 is 0 Å². The van der Waals surface area contributed by atoms with Crippen LogP contribution in [0.1, 0.15) is 53.3 Å². The van der Waals surface area contributed by atoms with Crippen LogP contribution in [-0.4, -0.2) is 36.5 Å². The fourth-order valence-electron chi connectivity index (χ4n) is 2.60. The maximum Gasteiger partial charge on any atom is 0.342 e. The highest BCUT2D eigenvalue weighted by Gasteiger charge is 2.16. The fraction of sp³-hybridized carbons (Fsp3) is 0.318. The zero-order valence-electron chi connectivity index (χ0n) is 16.6. The van der Waals surface area contributed by atoms with Gasteiger partial charge in [0.2, 0.25) is 5.91 Å². The molecule has 0 atom stereocenters. The number of carbonyl (C=O) groups is 3. The number of ether oxygens (including phenoxy) is 2. The van der Waals surface area contributed by atoms with E-state index in [1.807, 2.05) is 0 Å². The average molecular weight is 399 g/mol. The van der Waals surface area contributed by atoms with Crippen LogP contribution in [-0.2, 0) is 9.53 Å². The highest BCUT2D eigenvalue weighted by Crippen LogP contribution is 2.23. The van der Waals surface area contributed by atoms with Crippen molar-refractivity contribution in [2.24, 2.45) is 0 Å². The molecule has 2 rings (SSSR count). The molecule has 0 saturated carbocycles. The molecule has 154 valence electrons. The number of amides is 1. The lowest BCUT2D eigenvalue weighted by molar-refractivity contribution is -0.116. The quantitative estimate of drug-likeness (QED) is 0.356. The summed E-state index contributed by atoms with van der Waals surface area (Å²) in [5, 5.41) is 12.6. The van der Waals surface area contributed by atoms with Crippen LogP contribution in [0.3, 0.4) is 0 Å². The largest absolute Gasteiger partial charge is 0.507 e. The normalized spacial score (nSPS) is 10.3. The van der Waals surface area contributed by atoms with Crippen LogP contribution in [0.25, 0.3) is 0 Å². The predicted molar refractivity (Wildman–Crippen MR) is 108 cm³/mol. The summed E-state index contributed by atoms with van der Waals surface area (Å²) in [7, 11) is 1.43. The first-order valence-electron chi connectivity index (χ1n) is 9.41. The second kappa shape index (κ2) is 10.8. The number of unbranched alkanes of at least 4 members (excludes halogenated alkanes) is 2. The van der Waals surface area contributed by atoms with Gasteiger partial charge in [-0.05, 0) is 48.9 Å². The van der Waals surface area contributed by atoms with Crippen molar-refractivity contribution in [1.82, 2.24) is 0 Å². The van der Waals surface area contributed by atoms with Gasteiger partial charge in [0.05, 0.1) is 7.11 Å². The molecule has 0 aliphatic rings. The van der Waals surface area contributed by atoms with E-state index in [-0.39, 0.29) is 17.2 Å². The van der Waals surface area contributed by atoms with Gasteiger partial charge in [-0.3, -0.25) is 9.59 Å². The van der Waals surface area contributed by atoms with E-state index >= 15 is 0 Å². The molecular weight excluding hydrogens is 374 g/mol. The number of hydrogen-bond acceptors (Lipinski definition) is 6. The van der Waals surface area contributed by atoms with Gasteiger partial charge in [0, 0.05) is 17.7 Å². The van der Waals surface area contributed by atoms with E-state index in [4.69, 9.17) is 9.47 Å². The van der Waals surface area contributed by atoms with Crippen LogP contribution in [0.5, 0.6) is 11.5 Å². The van der Waals surface area contributed by atoms with E-state index in [0.717, 1.165) is 19.3 Å². The molecule has 0 aliphatic heterocycles. The molecule has 1 amide bonds. The number of benzene rings is 2. The molecule has 0 bridgehead atoms. The minimum atomic E-state index is -0.828. The van der Waals surface area contributed by atoms with Gasteiger partial charge in [-0.15, -0.1) is 0 Å².